The SMILES string of the molecule is CC(N)Cc1ccc2c(c1)N(CC1CC1)CC2. The summed E-state index contributed by atoms with van der Waals surface area (Å²) < 4.78 is 0. The Balaban J connectivity index is 1.79. The minimum absolute atomic E-state index is 0.256. The molecule has 2 heteroatoms. The molecule has 92 valence electrons. The zero-order valence-electron chi connectivity index (χ0n) is 10.7. The molecule has 0 saturated heterocycles. The molecule has 17 heavy (non-hydrogen) atoms. The summed E-state index contributed by atoms with van der Waals surface area (Å²) >= 11 is 0. The fourth-order valence-electron chi connectivity index (χ4n) is 2.79. The van der Waals surface area contributed by atoms with Crippen LogP contribution >= 0.6 is 0 Å². The van der Waals surface area contributed by atoms with Crippen LogP contribution in [0.15, 0.2) is 18.2 Å². The third kappa shape index (κ3) is 2.47. The van der Waals surface area contributed by atoms with Gasteiger partial charge in [-0.15, -0.1) is 0 Å². The second-order valence-electron chi connectivity index (χ2n) is 5.78. The summed E-state index contributed by atoms with van der Waals surface area (Å²) in [5, 5.41) is 0. The van der Waals surface area contributed by atoms with Crippen LogP contribution in [0.2, 0.25) is 0 Å². The number of anilines is 1. The van der Waals surface area contributed by atoms with Gasteiger partial charge in [-0.25, -0.2) is 0 Å². The topological polar surface area (TPSA) is 29.3 Å². The fourth-order valence-corrected chi connectivity index (χ4v) is 2.79. The molecule has 1 aliphatic heterocycles. The Morgan fingerprint density at radius 2 is 2.24 bits per heavy atom. The van der Waals surface area contributed by atoms with E-state index in [2.05, 4.69) is 30.0 Å². The first kappa shape index (κ1) is 11.1. The van der Waals surface area contributed by atoms with Crippen molar-refractivity contribution in [2.24, 2.45) is 11.7 Å². The van der Waals surface area contributed by atoms with Crippen LogP contribution < -0.4 is 10.6 Å². The summed E-state index contributed by atoms with van der Waals surface area (Å²) in [6.45, 7) is 4.57. The number of nitrogens with zero attached hydrogens (tertiary/aromatic N) is 1. The molecule has 1 aromatic rings. The predicted octanol–water partition coefficient (Wildman–Crippen LogP) is 2.35. The third-order valence-electron chi connectivity index (χ3n) is 3.87. The van der Waals surface area contributed by atoms with Gasteiger partial charge in [0.05, 0.1) is 0 Å². The maximum Gasteiger partial charge on any atom is 0.0402 e. The van der Waals surface area contributed by atoms with E-state index in [9.17, 15) is 0 Å². The van der Waals surface area contributed by atoms with Crippen LogP contribution in [-0.4, -0.2) is 19.1 Å². The van der Waals surface area contributed by atoms with Crippen molar-refractivity contribution in [2.45, 2.75) is 38.6 Å². The summed E-state index contributed by atoms with van der Waals surface area (Å²) in [6, 6.07) is 7.18. The second kappa shape index (κ2) is 4.34. The molecule has 0 amide bonds. The molecule has 0 aromatic heterocycles. The first-order valence-corrected chi connectivity index (χ1v) is 6.84. The molecule has 3 rings (SSSR count). The molecule has 0 radical (unpaired) electrons. The molecule has 1 aromatic carbocycles. The quantitative estimate of drug-likeness (QED) is 0.860. The molecule has 1 aliphatic carbocycles. The molecule has 0 bridgehead atoms. The summed E-state index contributed by atoms with van der Waals surface area (Å²) in [5.41, 5.74) is 10.3. The van der Waals surface area contributed by atoms with Gasteiger partial charge in [0.25, 0.3) is 0 Å². The van der Waals surface area contributed by atoms with E-state index < -0.39 is 0 Å². The van der Waals surface area contributed by atoms with Crippen LogP contribution in [0.1, 0.15) is 30.9 Å². The van der Waals surface area contributed by atoms with Crippen LogP contribution in [0, 0.1) is 5.92 Å². The zero-order valence-corrected chi connectivity index (χ0v) is 10.7. The van der Waals surface area contributed by atoms with Crippen molar-refractivity contribution >= 4 is 5.69 Å². The molecule has 2 N–H and O–H groups in total. The van der Waals surface area contributed by atoms with Gasteiger partial charge in [0, 0.05) is 24.8 Å². The number of fused-ring (bicyclic) bond motifs is 1. The molecular weight excluding hydrogens is 208 g/mol. The number of benzene rings is 1. The standard InChI is InChI=1S/C15H22N2/c1-11(16)8-13-4-5-14-6-7-17(15(14)9-13)10-12-2-3-12/h4-5,9,11-12H,2-3,6-8,10,16H2,1H3. The van der Waals surface area contributed by atoms with Crippen molar-refractivity contribution in [2.75, 3.05) is 18.0 Å². The molecule has 0 spiro atoms. The van der Waals surface area contributed by atoms with E-state index in [1.165, 1.54) is 49.2 Å². The minimum Gasteiger partial charge on any atom is -0.371 e. The van der Waals surface area contributed by atoms with Crippen LogP contribution in [0.5, 0.6) is 0 Å². The smallest absolute Gasteiger partial charge is 0.0402 e. The van der Waals surface area contributed by atoms with E-state index in [0.29, 0.717) is 0 Å². The molecule has 1 fully saturated rings. The largest absolute Gasteiger partial charge is 0.371 e. The lowest BCUT2D eigenvalue weighted by Crippen LogP contribution is -2.23. The lowest BCUT2D eigenvalue weighted by Gasteiger charge is -2.20. The highest BCUT2D eigenvalue weighted by molar-refractivity contribution is 5.59. The Morgan fingerprint density at radius 1 is 1.41 bits per heavy atom. The van der Waals surface area contributed by atoms with E-state index in [0.717, 1.165) is 12.3 Å². The summed E-state index contributed by atoms with van der Waals surface area (Å²) in [5.74, 6) is 0.970. The Kier molecular flexibility index (Phi) is 2.83. The Labute approximate surface area is 104 Å². The van der Waals surface area contributed by atoms with Crippen molar-refractivity contribution in [3.8, 4) is 0 Å². The van der Waals surface area contributed by atoms with Gasteiger partial charge in [0.1, 0.15) is 0 Å². The van der Waals surface area contributed by atoms with Gasteiger partial charge >= 0.3 is 0 Å². The van der Waals surface area contributed by atoms with Gasteiger partial charge in [0.15, 0.2) is 0 Å². The van der Waals surface area contributed by atoms with Gasteiger partial charge in [0.2, 0.25) is 0 Å². The van der Waals surface area contributed by atoms with Crippen molar-refractivity contribution in [1.29, 1.82) is 0 Å². The highest BCUT2D eigenvalue weighted by atomic mass is 15.2. The van der Waals surface area contributed by atoms with Crippen LogP contribution in [-0.2, 0) is 12.8 Å². The predicted molar refractivity (Wildman–Crippen MR) is 72.4 cm³/mol. The van der Waals surface area contributed by atoms with Crippen LogP contribution in [0.3, 0.4) is 0 Å². The van der Waals surface area contributed by atoms with Gasteiger partial charge in [-0.2, -0.15) is 0 Å². The Hall–Kier alpha value is -1.02. The van der Waals surface area contributed by atoms with Gasteiger partial charge in [-0.05, 0) is 55.7 Å². The average molecular weight is 230 g/mol. The first-order chi connectivity index (χ1) is 8.22. The van der Waals surface area contributed by atoms with Crippen LogP contribution in [0.4, 0.5) is 5.69 Å². The first-order valence-electron chi connectivity index (χ1n) is 6.84. The fraction of sp³-hybridized carbons (Fsp3) is 0.600. The second-order valence-corrected chi connectivity index (χ2v) is 5.78. The lowest BCUT2D eigenvalue weighted by atomic mass is 10.0. The van der Waals surface area contributed by atoms with Crippen molar-refractivity contribution in [1.82, 2.24) is 0 Å². The summed E-state index contributed by atoms with van der Waals surface area (Å²) in [7, 11) is 0. The highest BCUT2D eigenvalue weighted by Gasteiger charge is 2.27. The Bertz CT molecular complexity index is 407. The third-order valence-corrected chi connectivity index (χ3v) is 3.87. The molecule has 1 unspecified atom stereocenters. The number of hydrogen-bond donors (Lipinski definition) is 1. The number of rotatable bonds is 4. The Morgan fingerprint density at radius 3 is 2.94 bits per heavy atom. The normalized spacial score (nSPS) is 20.5. The average Bonchev–Trinajstić information content (AvgIpc) is 3.00. The van der Waals surface area contributed by atoms with Crippen molar-refractivity contribution in [3.05, 3.63) is 29.3 Å². The minimum atomic E-state index is 0.256. The van der Waals surface area contributed by atoms with E-state index >= 15 is 0 Å². The van der Waals surface area contributed by atoms with Crippen molar-refractivity contribution < 1.29 is 0 Å². The molecular formula is C15H22N2. The maximum atomic E-state index is 5.88. The van der Waals surface area contributed by atoms with Gasteiger partial charge in [-0.3, -0.25) is 0 Å². The van der Waals surface area contributed by atoms with Gasteiger partial charge < -0.3 is 10.6 Å². The summed E-state index contributed by atoms with van der Waals surface area (Å²) in [6.07, 6.45) is 5.09. The van der Waals surface area contributed by atoms with E-state index in [4.69, 9.17) is 5.73 Å². The van der Waals surface area contributed by atoms with Gasteiger partial charge in [-0.1, -0.05) is 12.1 Å². The van der Waals surface area contributed by atoms with Crippen molar-refractivity contribution in [3.63, 3.8) is 0 Å². The lowest BCUT2D eigenvalue weighted by molar-refractivity contribution is 0.734. The van der Waals surface area contributed by atoms with E-state index in [1.54, 1.807) is 0 Å². The van der Waals surface area contributed by atoms with E-state index in [-0.39, 0.29) is 6.04 Å². The molecule has 1 atom stereocenters. The van der Waals surface area contributed by atoms with E-state index in [1.807, 2.05) is 0 Å². The maximum absolute atomic E-state index is 5.88. The molecule has 2 nitrogen and oxygen atoms in total. The summed E-state index contributed by atoms with van der Waals surface area (Å²) in [4.78, 5) is 2.58. The molecule has 1 saturated carbocycles. The molecule has 2 aliphatic rings. The number of nitrogens with two attached hydrogens (primary N) is 1. The molecule has 1 heterocycles. The van der Waals surface area contributed by atoms with Crippen LogP contribution in [0.25, 0.3) is 0 Å². The number of hydrogen-bond acceptors (Lipinski definition) is 2. The highest BCUT2D eigenvalue weighted by Crippen LogP contribution is 2.35. The monoisotopic (exact) mass is 230 g/mol. The zero-order chi connectivity index (χ0) is 11.8.